The Morgan fingerprint density at radius 3 is 2.57 bits per heavy atom. The van der Waals surface area contributed by atoms with E-state index >= 15 is 0 Å². The van der Waals surface area contributed by atoms with E-state index in [-0.39, 0.29) is 0 Å². The number of ether oxygens (including phenoxy) is 2. The zero-order valence-corrected chi connectivity index (χ0v) is 11.9. The molecule has 4 nitrogen and oxygen atoms in total. The van der Waals surface area contributed by atoms with Crippen LogP contribution in [0.25, 0.3) is 0 Å². The van der Waals surface area contributed by atoms with Crippen molar-refractivity contribution in [3.05, 3.63) is 58.4 Å². The van der Waals surface area contributed by atoms with Gasteiger partial charge in [-0.2, -0.15) is 0 Å². The Morgan fingerprint density at radius 2 is 1.86 bits per heavy atom. The van der Waals surface area contributed by atoms with Crippen LogP contribution >= 0.6 is 11.6 Å². The number of rotatable bonds is 3. The van der Waals surface area contributed by atoms with Crippen molar-refractivity contribution in [3.8, 4) is 11.5 Å². The third-order valence-electron chi connectivity index (χ3n) is 3.34. The maximum Gasteiger partial charge on any atom is 0.161 e. The van der Waals surface area contributed by atoms with Gasteiger partial charge in [0, 0.05) is 10.6 Å². The van der Waals surface area contributed by atoms with Gasteiger partial charge in [0.05, 0.1) is 6.04 Å². The molecule has 2 aromatic rings. The smallest absolute Gasteiger partial charge is 0.161 e. The topological polar surface area (TPSA) is 56.5 Å². The first kappa shape index (κ1) is 14.1. The van der Waals surface area contributed by atoms with Crippen LogP contribution in [0.5, 0.6) is 11.5 Å². The van der Waals surface area contributed by atoms with E-state index in [9.17, 15) is 4.39 Å². The summed E-state index contributed by atoms with van der Waals surface area (Å²) in [5, 5.41) is 0.342. The highest BCUT2D eigenvalue weighted by Crippen LogP contribution is 2.34. The predicted octanol–water partition coefficient (Wildman–Crippen LogP) is 2.80. The molecule has 0 spiro atoms. The van der Waals surface area contributed by atoms with Crippen molar-refractivity contribution in [3.63, 3.8) is 0 Å². The van der Waals surface area contributed by atoms with E-state index in [1.54, 1.807) is 24.3 Å². The SMILES string of the molecule is NNC(c1ccc2c(c1)OCCO2)c1ccc(Cl)cc1F. The quantitative estimate of drug-likeness (QED) is 0.676. The summed E-state index contributed by atoms with van der Waals surface area (Å²) in [7, 11) is 0. The maximum absolute atomic E-state index is 14.1. The summed E-state index contributed by atoms with van der Waals surface area (Å²) < 4.78 is 25.1. The van der Waals surface area contributed by atoms with Gasteiger partial charge < -0.3 is 9.47 Å². The van der Waals surface area contributed by atoms with Crippen molar-refractivity contribution in [2.24, 2.45) is 5.84 Å². The highest BCUT2D eigenvalue weighted by molar-refractivity contribution is 6.30. The van der Waals surface area contributed by atoms with E-state index < -0.39 is 11.9 Å². The number of benzene rings is 2. The third-order valence-corrected chi connectivity index (χ3v) is 3.57. The van der Waals surface area contributed by atoms with E-state index in [0.717, 1.165) is 5.56 Å². The number of nitrogens with one attached hydrogen (secondary N) is 1. The molecular weight excluding hydrogens is 295 g/mol. The summed E-state index contributed by atoms with van der Waals surface area (Å²) in [5.41, 5.74) is 3.82. The molecule has 0 aliphatic carbocycles. The second kappa shape index (κ2) is 5.89. The van der Waals surface area contributed by atoms with Crippen LogP contribution in [-0.2, 0) is 0 Å². The lowest BCUT2D eigenvalue weighted by molar-refractivity contribution is 0.171. The molecule has 2 aromatic carbocycles. The molecule has 3 N–H and O–H groups in total. The lowest BCUT2D eigenvalue weighted by Crippen LogP contribution is -2.29. The number of hydrogen-bond donors (Lipinski definition) is 2. The Labute approximate surface area is 126 Å². The highest BCUT2D eigenvalue weighted by Gasteiger charge is 2.20. The molecule has 1 aliphatic heterocycles. The number of halogens is 2. The molecule has 0 fully saturated rings. The van der Waals surface area contributed by atoms with Gasteiger partial charge in [-0.25, -0.2) is 9.82 Å². The van der Waals surface area contributed by atoms with Crippen molar-refractivity contribution in [2.75, 3.05) is 13.2 Å². The Balaban J connectivity index is 1.99. The molecular formula is C15H14ClFN2O2. The fourth-order valence-corrected chi connectivity index (χ4v) is 2.50. The molecule has 1 atom stereocenters. The van der Waals surface area contributed by atoms with Gasteiger partial charge in [0.2, 0.25) is 0 Å². The molecule has 0 saturated heterocycles. The molecule has 1 heterocycles. The van der Waals surface area contributed by atoms with Crippen LogP contribution in [0.15, 0.2) is 36.4 Å². The van der Waals surface area contributed by atoms with Gasteiger partial charge in [-0.1, -0.05) is 23.7 Å². The molecule has 1 aliphatic rings. The van der Waals surface area contributed by atoms with E-state index in [4.69, 9.17) is 26.9 Å². The fourth-order valence-electron chi connectivity index (χ4n) is 2.34. The van der Waals surface area contributed by atoms with Crippen molar-refractivity contribution in [2.45, 2.75) is 6.04 Å². The molecule has 0 saturated carbocycles. The summed E-state index contributed by atoms with van der Waals surface area (Å²) in [5.74, 6) is 6.49. The van der Waals surface area contributed by atoms with Gasteiger partial charge in [0.25, 0.3) is 0 Å². The van der Waals surface area contributed by atoms with Crippen LogP contribution in [0.1, 0.15) is 17.2 Å². The van der Waals surface area contributed by atoms with Crippen LogP contribution in [0.2, 0.25) is 5.02 Å². The Hall–Kier alpha value is -1.82. The van der Waals surface area contributed by atoms with Crippen molar-refractivity contribution >= 4 is 11.6 Å². The zero-order valence-electron chi connectivity index (χ0n) is 11.1. The number of nitrogens with two attached hydrogens (primary N) is 1. The summed E-state index contributed by atoms with van der Waals surface area (Å²) in [6.45, 7) is 1.02. The van der Waals surface area contributed by atoms with Gasteiger partial charge >= 0.3 is 0 Å². The standard InChI is InChI=1S/C15H14ClFN2O2/c16-10-2-3-11(12(17)8-10)15(19-18)9-1-4-13-14(7-9)21-6-5-20-13/h1-4,7-8,15,19H,5-6,18H2. The van der Waals surface area contributed by atoms with Crippen LogP contribution < -0.4 is 20.7 Å². The van der Waals surface area contributed by atoms with Gasteiger partial charge in [-0.15, -0.1) is 0 Å². The maximum atomic E-state index is 14.1. The Bertz CT molecular complexity index is 666. The second-order valence-electron chi connectivity index (χ2n) is 4.67. The van der Waals surface area contributed by atoms with E-state index in [1.165, 1.54) is 6.07 Å². The molecule has 1 unspecified atom stereocenters. The van der Waals surface area contributed by atoms with Crippen LogP contribution in [-0.4, -0.2) is 13.2 Å². The molecule has 0 aromatic heterocycles. The second-order valence-corrected chi connectivity index (χ2v) is 5.11. The zero-order chi connectivity index (χ0) is 14.8. The van der Waals surface area contributed by atoms with Crippen LogP contribution in [0, 0.1) is 5.82 Å². The predicted molar refractivity (Wildman–Crippen MR) is 78.0 cm³/mol. The third kappa shape index (κ3) is 2.81. The summed E-state index contributed by atoms with van der Waals surface area (Å²) >= 11 is 5.78. The minimum absolute atomic E-state index is 0.342. The average molecular weight is 309 g/mol. The first-order chi connectivity index (χ1) is 10.2. The largest absolute Gasteiger partial charge is 0.486 e. The van der Waals surface area contributed by atoms with Gasteiger partial charge in [-0.05, 0) is 29.8 Å². The van der Waals surface area contributed by atoms with E-state index in [2.05, 4.69) is 5.43 Å². The minimum Gasteiger partial charge on any atom is -0.486 e. The lowest BCUT2D eigenvalue weighted by atomic mass is 9.98. The molecule has 6 heteroatoms. The molecule has 0 radical (unpaired) electrons. The first-order valence-electron chi connectivity index (χ1n) is 6.49. The molecule has 21 heavy (non-hydrogen) atoms. The molecule has 0 bridgehead atoms. The summed E-state index contributed by atoms with van der Waals surface area (Å²) in [4.78, 5) is 0. The normalized spacial score (nSPS) is 14.8. The lowest BCUT2D eigenvalue weighted by Gasteiger charge is -2.22. The monoisotopic (exact) mass is 308 g/mol. The van der Waals surface area contributed by atoms with Crippen LogP contribution in [0.3, 0.4) is 0 Å². The van der Waals surface area contributed by atoms with E-state index in [0.29, 0.717) is 35.3 Å². The van der Waals surface area contributed by atoms with E-state index in [1.807, 2.05) is 6.07 Å². The number of hydrogen-bond acceptors (Lipinski definition) is 4. The van der Waals surface area contributed by atoms with Crippen LogP contribution in [0.4, 0.5) is 4.39 Å². The number of hydrazine groups is 1. The summed E-state index contributed by atoms with van der Waals surface area (Å²) in [6, 6.07) is 9.42. The fraction of sp³-hybridized carbons (Fsp3) is 0.200. The summed E-state index contributed by atoms with van der Waals surface area (Å²) in [6.07, 6.45) is 0. The Kier molecular flexibility index (Phi) is 3.96. The molecule has 3 rings (SSSR count). The minimum atomic E-state index is -0.502. The first-order valence-corrected chi connectivity index (χ1v) is 6.87. The average Bonchev–Trinajstić information content (AvgIpc) is 2.50. The molecule has 110 valence electrons. The van der Waals surface area contributed by atoms with Crippen molar-refractivity contribution in [1.82, 2.24) is 5.43 Å². The number of fused-ring (bicyclic) bond motifs is 1. The molecule has 0 amide bonds. The highest BCUT2D eigenvalue weighted by atomic mass is 35.5. The van der Waals surface area contributed by atoms with Crippen molar-refractivity contribution in [1.29, 1.82) is 0 Å². The Morgan fingerprint density at radius 1 is 1.10 bits per heavy atom. The van der Waals surface area contributed by atoms with Gasteiger partial charge in [0.15, 0.2) is 11.5 Å². The van der Waals surface area contributed by atoms with Crippen molar-refractivity contribution < 1.29 is 13.9 Å². The van der Waals surface area contributed by atoms with Gasteiger partial charge in [0.1, 0.15) is 19.0 Å². The van der Waals surface area contributed by atoms with Gasteiger partial charge in [-0.3, -0.25) is 5.84 Å².